The summed E-state index contributed by atoms with van der Waals surface area (Å²) in [7, 11) is 0. The van der Waals surface area contributed by atoms with Crippen LogP contribution in [0.2, 0.25) is 0 Å². The van der Waals surface area contributed by atoms with Crippen LogP contribution in [-0.2, 0) is 4.79 Å². The monoisotopic (exact) mass is 190 g/mol. The molecule has 0 aromatic heterocycles. The van der Waals surface area contributed by atoms with E-state index in [2.05, 4.69) is 4.83 Å². The van der Waals surface area contributed by atoms with Crippen LogP contribution in [0, 0.1) is 5.92 Å². The summed E-state index contributed by atoms with van der Waals surface area (Å²) in [6.07, 6.45) is 0. The molecule has 12 heavy (non-hydrogen) atoms. The Hall–Kier alpha value is -0.950. The average Bonchev–Trinajstić information content (AvgIpc) is 2.04. The van der Waals surface area contributed by atoms with Gasteiger partial charge < -0.3 is 11.5 Å². The number of hydrazine groups is 1. The molecule has 0 saturated carbocycles. The highest BCUT2D eigenvalue weighted by Gasteiger charge is 2.26. The smallest absolute Gasteiger partial charge is 0.329 e. The van der Waals surface area contributed by atoms with Gasteiger partial charge in [-0.25, -0.2) is 9.80 Å². The van der Waals surface area contributed by atoms with Gasteiger partial charge in [0.2, 0.25) is 5.91 Å². The number of amides is 3. The van der Waals surface area contributed by atoms with Gasteiger partial charge in [0.1, 0.15) is 0 Å². The van der Waals surface area contributed by atoms with Crippen LogP contribution in [0.25, 0.3) is 0 Å². The topological polar surface area (TPSA) is 101 Å². The average molecular weight is 190 g/mol. The van der Waals surface area contributed by atoms with Crippen molar-refractivity contribution in [2.75, 3.05) is 12.3 Å². The number of rotatable bonds is 1. The van der Waals surface area contributed by atoms with Gasteiger partial charge in [0, 0.05) is 5.75 Å². The van der Waals surface area contributed by atoms with Gasteiger partial charge in [-0.2, -0.15) is 4.83 Å². The number of primary amides is 2. The zero-order chi connectivity index (χ0) is 9.14. The Bertz CT molecular complexity index is 190. The van der Waals surface area contributed by atoms with Gasteiger partial charge in [0.05, 0.1) is 12.5 Å². The number of hydrogen-bond donors (Lipinski definition) is 3. The number of nitrogens with two attached hydrogens (primary N) is 2. The minimum Gasteiger partial charge on any atom is -0.369 e. The second kappa shape index (κ2) is 3.63. The molecule has 68 valence electrons. The van der Waals surface area contributed by atoms with E-state index in [9.17, 15) is 9.59 Å². The summed E-state index contributed by atoms with van der Waals surface area (Å²) in [6, 6.07) is -0.603. The van der Waals surface area contributed by atoms with Crippen molar-refractivity contribution in [2.45, 2.75) is 0 Å². The van der Waals surface area contributed by atoms with Crippen LogP contribution in [-0.4, -0.2) is 29.2 Å². The molecule has 0 aromatic rings. The standard InChI is InChI=1S/C5H10N4O2S/c6-4(10)3-1-9(5(7)11)8-12-2-3/h3,8H,1-2H2,(H2,6,10)(H2,7,11). The highest BCUT2D eigenvalue weighted by atomic mass is 32.2. The van der Waals surface area contributed by atoms with Gasteiger partial charge in [0.25, 0.3) is 0 Å². The van der Waals surface area contributed by atoms with E-state index in [1.165, 1.54) is 17.0 Å². The Morgan fingerprint density at radius 3 is 2.67 bits per heavy atom. The Morgan fingerprint density at radius 2 is 2.17 bits per heavy atom. The normalized spacial score (nSPS) is 23.7. The fourth-order valence-electron chi connectivity index (χ4n) is 0.833. The third-order valence-electron chi connectivity index (χ3n) is 1.53. The lowest BCUT2D eigenvalue weighted by Crippen LogP contribution is -2.51. The number of nitrogens with one attached hydrogen (secondary N) is 1. The number of carbonyl (C=O) groups is 2. The van der Waals surface area contributed by atoms with Gasteiger partial charge in [0.15, 0.2) is 0 Å². The van der Waals surface area contributed by atoms with E-state index in [1.54, 1.807) is 0 Å². The van der Waals surface area contributed by atoms with Crippen LogP contribution in [0.5, 0.6) is 0 Å². The SMILES string of the molecule is NC(=O)C1CSNN(C(N)=O)C1. The first-order chi connectivity index (χ1) is 5.61. The molecular weight excluding hydrogens is 180 g/mol. The maximum absolute atomic E-state index is 10.7. The van der Waals surface area contributed by atoms with Gasteiger partial charge in [-0.05, 0) is 0 Å². The van der Waals surface area contributed by atoms with Crippen molar-refractivity contribution in [3.05, 3.63) is 0 Å². The van der Waals surface area contributed by atoms with Crippen LogP contribution in [0.1, 0.15) is 0 Å². The third-order valence-corrected chi connectivity index (χ3v) is 2.45. The fraction of sp³-hybridized carbons (Fsp3) is 0.600. The second-order valence-corrected chi connectivity index (χ2v) is 3.26. The van der Waals surface area contributed by atoms with E-state index in [0.29, 0.717) is 5.75 Å². The first-order valence-electron chi connectivity index (χ1n) is 3.35. The molecule has 1 aliphatic rings. The van der Waals surface area contributed by atoms with Crippen LogP contribution < -0.4 is 16.3 Å². The molecule has 0 aromatic carbocycles. The first kappa shape index (κ1) is 9.14. The summed E-state index contributed by atoms with van der Waals surface area (Å²) < 4.78 is 0. The molecule has 1 atom stereocenters. The molecule has 7 heteroatoms. The zero-order valence-electron chi connectivity index (χ0n) is 6.32. The summed E-state index contributed by atoms with van der Waals surface area (Å²) in [6.45, 7) is 0.248. The van der Waals surface area contributed by atoms with Gasteiger partial charge in [-0.1, -0.05) is 11.9 Å². The molecule has 6 nitrogen and oxygen atoms in total. The quantitative estimate of drug-likeness (QED) is 0.444. The molecule has 1 aliphatic heterocycles. The predicted molar refractivity (Wildman–Crippen MR) is 44.6 cm³/mol. The third kappa shape index (κ3) is 2.02. The molecular formula is C5H10N4O2S. The van der Waals surface area contributed by atoms with E-state index >= 15 is 0 Å². The van der Waals surface area contributed by atoms with Gasteiger partial charge >= 0.3 is 6.03 Å². The maximum atomic E-state index is 10.7. The Labute approximate surface area is 73.7 Å². The highest BCUT2D eigenvalue weighted by molar-refractivity contribution is 7.97. The zero-order valence-corrected chi connectivity index (χ0v) is 7.13. The van der Waals surface area contributed by atoms with E-state index < -0.39 is 11.9 Å². The van der Waals surface area contributed by atoms with Crippen molar-refractivity contribution >= 4 is 23.9 Å². The molecule has 0 radical (unpaired) electrons. The first-order valence-corrected chi connectivity index (χ1v) is 4.33. The van der Waals surface area contributed by atoms with Crippen molar-refractivity contribution in [1.29, 1.82) is 0 Å². The lowest BCUT2D eigenvalue weighted by atomic mass is 10.1. The van der Waals surface area contributed by atoms with Crippen LogP contribution in [0.15, 0.2) is 0 Å². The minimum atomic E-state index is -0.603. The highest BCUT2D eigenvalue weighted by Crippen LogP contribution is 2.13. The predicted octanol–water partition coefficient (Wildman–Crippen LogP) is -1.36. The summed E-state index contributed by atoms with van der Waals surface area (Å²) in [5, 5.41) is 1.17. The van der Waals surface area contributed by atoms with E-state index in [-0.39, 0.29) is 12.5 Å². The molecule has 1 unspecified atom stereocenters. The van der Waals surface area contributed by atoms with Crippen molar-refractivity contribution in [3.63, 3.8) is 0 Å². The van der Waals surface area contributed by atoms with Crippen molar-refractivity contribution in [2.24, 2.45) is 17.4 Å². The molecule has 1 heterocycles. The summed E-state index contributed by atoms with van der Waals surface area (Å²) >= 11 is 1.24. The van der Waals surface area contributed by atoms with Crippen LogP contribution in [0.4, 0.5) is 4.79 Å². The van der Waals surface area contributed by atoms with Gasteiger partial charge in [-0.3, -0.25) is 4.79 Å². The van der Waals surface area contributed by atoms with Crippen molar-refractivity contribution < 1.29 is 9.59 Å². The number of nitrogens with zero attached hydrogens (tertiary/aromatic N) is 1. The van der Waals surface area contributed by atoms with E-state index in [0.717, 1.165) is 0 Å². The maximum Gasteiger partial charge on any atom is 0.329 e. The van der Waals surface area contributed by atoms with Gasteiger partial charge in [-0.15, -0.1) is 0 Å². The molecule has 1 saturated heterocycles. The second-order valence-electron chi connectivity index (χ2n) is 2.45. The molecule has 5 N–H and O–H groups in total. The molecule has 0 aliphatic carbocycles. The van der Waals surface area contributed by atoms with Crippen LogP contribution in [0.3, 0.4) is 0 Å². The van der Waals surface area contributed by atoms with E-state index in [1.807, 2.05) is 0 Å². The van der Waals surface area contributed by atoms with Crippen molar-refractivity contribution in [3.8, 4) is 0 Å². The Kier molecular flexibility index (Phi) is 2.77. The summed E-state index contributed by atoms with van der Waals surface area (Å²) in [5.74, 6) is -0.155. The van der Waals surface area contributed by atoms with Crippen LogP contribution >= 0.6 is 11.9 Å². The van der Waals surface area contributed by atoms with E-state index in [4.69, 9.17) is 11.5 Å². The molecule has 1 fully saturated rings. The molecule has 3 amide bonds. The Balaban J connectivity index is 2.51. The lowest BCUT2D eigenvalue weighted by molar-refractivity contribution is -0.121. The molecule has 0 spiro atoms. The number of urea groups is 1. The van der Waals surface area contributed by atoms with Crippen molar-refractivity contribution in [1.82, 2.24) is 9.84 Å². The number of carbonyl (C=O) groups excluding carboxylic acids is 2. The molecule has 1 rings (SSSR count). The Morgan fingerprint density at radius 1 is 1.50 bits per heavy atom. The fourth-order valence-corrected chi connectivity index (χ4v) is 1.70. The molecule has 0 bridgehead atoms. The number of hydrogen-bond acceptors (Lipinski definition) is 4. The summed E-state index contributed by atoms with van der Waals surface area (Å²) in [4.78, 5) is 24.0. The lowest BCUT2D eigenvalue weighted by Gasteiger charge is -2.29. The minimum absolute atomic E-state index is 0.248. The largest absolute Gasteiger partial charge is 0.369 e. The summed E-state index contributed by atoms with van der Waals surface area (Å²) in [5.41, 5.74) is 10.1.